The molecule has 3 N–H and O–H groups in total. The van der Waals surface area contributed by atoms with E-state index >= 15 is 0 Å². The maximum absolute atomic E-state index is 12.1. The molecule has 112 valence electrons. The molecule has 0 aromatic heterocycles. The molecule has 0 fully saturated rings. The molecule has 0 atom stereocenters. The molecule has 6 nitrogen and oxygen atoms in total. The zero-order chi connectivity index (χ0) is 15.3. The highest BCUT2D eigenvalue weighted by atomic mass is 35.5. The highest BCUT2D eigenvalue weighted by Gasteiger charge is 2.21. The Labute approximate surface area is 122 Å². The number of unbranched alkanes of at least 4 members (excludes halogenated alkanes) is 1. The largest absolute Gasteiger partial charge is 0.478 e. The van der Waals surface area contributed by atoms with Crippen LogP contribution in [0.3, 0.4) is 0 Å². The van der Waals surface area contributed by atoms with Gasteiger partial charge in [0.25, 0.3) is 0 Å². The minimum Gasteiger partial charge on any atom is -0.478 e. The lowest BCUT2D eigenvalue weighted by Gasteiger charge is -2.11. The third kappa shape index (κ3) is 4.17. The molecule has 8 heteroatoms. The number of carbonyl (C=O) groups is 1. The van der Waals surface area contributed by atoms with Crippen molar-refractivity contribution in [1.82, 2.24) is 4.72 Å². The molecule has 0 aliphatic rings. The fraction of sp³-hybridized carbons (Fsp3) is 0.417. The smallest absolute Gasteiger partial charge is 0.336 e. The van der Waals surface area contributed by atoms with Crippen molar-refractivity contribution in [3.05, 3.63) is 28.3 Å². The summed E-state index contributed by atoms with van der Waals surface area (Å²) in [5.74, 6) is -1.23. The van der Waals surface area contributed by atoms with Gasteiger partial charge >= 0.3 is 5.97 Å². The third-order valence-electron chi connectivity index (χ3n) is 2.72. The Morgan fingerprint density at radius 1 is 1.35 bits per heavy atom. The molecule has 0 aliphatic heterocycles. The summed E-state index contributed by atoms with van der Waals surface area (Å²) in [6.45, 7) is 1.57. The standard InChI is InChI=1S/C12H16ClNO5S/c1-8-10(12(16)17)6-9(13)7-11(8)20(18,19)14-4-2-3-5-15/h6-7,14-15H,2-5H2,1H3,(H,16,17). The number of benzene rings is 1. The van der Waals surface area contributed by atoms with Crippen LogP contribution in [0.15, 0.2) is 17.0 Å². The third-order valence-corrected chi connectivity index (χ3v) is 4.53. The van der Waals surface area contributed by atoms with Crippen molar-refractivity contribution < 1.29 is 23.4 Å². The van der Waals surface area contributed by atoms with E-state index in [9.17, 15) is 13.2 Å². The van der Waals surface area contributed by atoms with Crippen LogP contribution in [0, 0.1) is 6.92 Å². The molecule has 1 rings (SSSR count). The maximum Gasteiger partial charge on any atom is 0.336 e. The molecule has 0 spiro atoms. The summed E-state index contributed by atoms with van der Waals surface area (Å²) >= 11 is 5.77. The zero-order valence-corrected chi connectivity index (χ0v) is 12.5. The van der Waals surface area contributed by atoms with Gasteiger partial charge in [0.15, 0.2) is 0 Å². The van der Waals surface area contributed by atoms with Crippen molar-refractivity contribution in [3.8, 4) is 0 Å². The van der Waals surface area contributed by atoms with Gasteiger partial charge < -0.3 is 10.2 Å². The summed E-state index contributed by atoms with van der Waals surface area (Å²) in [4.78, 5) is 10.9. The molecule has 0 unspecified atom stereocenters. The van der Waals surface area contributed by atoms with E-state index in [2.05, 4.69) is 4.72 Å². The lowest BCUT2D eigenvalue weighted by atomic mass is 10.1. The van der Waals surface area contributed by atoms with Gasteiger partial charge in [-0.05, 0) is 37.5 Å². The van der Waals surface area contributed by atoms with Crippen molar-refractivity contribution >= 4 is 27.6 Å². The number of carboxylic acids is 1. The minimum atomic E-state index is -3.83. The Hall–Kier alpha value is -1.15. The number of aliphatic hydroxyl groups excluding tert-OH is 1. The molecular weight excluding hydrogens is 306 g/mol. The van der Waals surface area contributed by atoms with Gasteiger partial charge in [0.1, 0.15) is 0 Å². The number of carboxylic acid groups (broad SMARTS) is 1. The number of sulfonamides is 1. The molecule has 1 aromatic carbocycles. The fourth-order valence-electron chi connectivity index (χ4n) is 1.68. The first-order chi connectivity index (χ1) is 9.29. The highest BCUT2D eigenvalue weighted by molar-refractivity contribution is 7.89. The van der Waals surface area contributed by atoms with Crippen LogP contribution in [-0.2, 0) is 10.0 Å². The summed E-state index contributed by atoms with van der Waals surface area (Å²) < 4.78 is 26.6. The number of hydrogen-bond donors (Lipinski definition) is 3. The quantitative estimate of drug-likeness (QED) is 0.658. The molecule has 0 saturated carbocycles. The van der Waals surface area contributed by atoms with E-state index < -0.39 is 16.0 Å². The summed E-state index contributed by atoms with van der Waals surface area (Å²) in [5, 5.41) is 17.7. The van der Waals surface area contributed by atoms with Crippen LogP contribution in [0.25, 0.3) is 0 Å². The number of hydrogen-bond acceptors (Lipinski definition) is 4. The van der Waals surface area contributed by atoms with E-state index in [1.807, 2.05) is 0 Å². The van der Waals surface area contributed by atoms with Crippen LogP contribution in [0.2, 0.25) is 5.02 Å². The van der Waals surface area contributed by atoms with Gasteiger partial charge in [0, 0.05) is 18.2 Å². The molecule has 20 heavy (non-hydrogen) atoms. The number of nitrogens with one attached hydrogen (secondary N) is 1. The number of aliphatic hydroxyl groups is 1. The second-order valence-corrected chi connectivity index (χ2v) is 6.38. The average Bonchev–Trinajstić information content (AvgIpc) is 2.36. The fourth-order valence-corrected chi connectivity index (χ4v) is 3.32. The summed E-state index contributed by atoms with van der Waals surface area (Å²) in [6, 6.07) is 2.43. The van der Waals surface area contributed by atoms with Gasteiger partial charge in [0.2, 0.25) is 10.0 Å². The Bertz CT molecular complexity index is 600. The maximum atomic E-state index is 12.1. The molecule has 0 radical (unpaired) electrons. The van der Waals surface area contributed by atoms with Crippen molar-refractivity contribution in [3.63, 3.8) is 0 Å². The Kier molecular flexibility index (Phi) is 5.94. The first-order valence-corrected chi connectivity index (χ1v) is 7.79. The molecule has 0 aliphatic carbocycles. The lowest BCUT2D eigenvalue weighted by Crippen LogP contribution is -2.26. The van der Waals surface area contributed by atoms with Gasteiger partial charge in [0.05, 0.1) is 10.5 Å². The summed E-state index contributed by atoms with van der Waals surface area (Å²) in [5.41, 5.74) is -0.00945. The monoisotopic (exact) mass is 321 g/mol. The van der Waals surface area contributed by atoms with Crippen LogP contribution in [0.5, 0.6) is 0 Å². The SMILES string of the molecule is Cc1c(C(=O)O)cc(Cl)cc1S(=O)(=O)NCCCCO. The predicted octanol–water partition coefficient (Wildman–Crippen LogP) is 1.40. The first-order valence-electron chi connectivity index (χ1n) is 5.93. The highest BCUT2D eigenvalue weighted by Crippen LogP contribution is 2.24. The van der Waals surface area contributed by atoms with Crippen LogP contribution in [0.1, 0.15) is 28.8 Å². The van der Waals surface area contributed by atoms with Gasteiger partial charge in [-0.2, -0.15) is 0 Å². The van der Waals surface area contributed by atoms with E-state index in [4.69, 9.17) is 21.8 Å². The van der Waals surface area contributed by atoms with Crippen molar-refractivity contribution in [2.24, 2.45) is 0 Å². The average molecular weight is 322 g/mol. The van der Waals surface area contributed by atoms with E-state index in [0.717, 1.165) is 0 Å². The molecule has 1 aromatic rings. The summed E-state index contributed by atoms with van der Waals surface area (Å²) in [6.07, 6.45) is 0.971. The van der Waals surface area contributed by atoms with Gasteiger partial charge in [-0.3, -0.25) is 0 Å². The zero-order valence-electron chi connectivity index (χ0n) is 10.9. The van der Waals surface area contributed by atoms with Crippen molar-refractivity contribution in [2.45, 2.75) is 24.7 Å². The molecule has 0 saturated heterocycles. The number of rotatable bonds is 7. The Morgan fingerprint density at radius 2 is 2.00 bits per heavy atom. The second kappa shape index (κ2) is 7.03. The van der Waals surface area contributed by atoms with Gasteiger partial charge in [-0.1, -0.05) is 11.6 Å². The Balaban J connectivity index is 3.09. The summed E-state index contributed by atoms with van der Waals surface area (Å²) in [7, 11) is -3.83. The molecule has 0 bridgehead atoms. The Morgan fingerprint density at radius 3 is 2.55 bits per heavy atom. The number of aromatic carboxylic acids is 1. The van der Waals surface area contributed by atoms with Crippen molar-refractivity contribution in [2.75, 3.05) is 13.2 Å². The van der Waals surface area contributed by atoms with E-state index in [1.165, 1.54) is 19.1 Å². The normalized spacial score (nSPS) is 11.6. The molecule has 0 amide bonds. The van der Waals surface area contributed by atoms with Gasteiger partial charge in [-0.25, -0.2) is 17.9 Å². The minimum absolute atomic E-state index is 0.0128. The van der Waals surface area contributed by atoms with Crippen LogP contribution in [0.4, 0.5) is 0 Å². The van der Waals surface area contributed by atoms with E-state index in [1.54, 1.807) is 0 Å². The van der Waals surface area contributed by atoms with Crippen molar-refractivity contribution in [1.29, 1.82) is 0 Å². The van der Waals surface area contributed by atoms with Gasteiger partial charge in [-0.15, -0.1) is 0 Å². The van der Waals surface area contributed by atoms with E-state index in [-0.39, 0.29) is 34.2 Å². The lowest BCUT2D eigenvalue weighted by molar-refractivity contribution is 0.0696. The number of halogens is 1. The van der Waals surface area contributed by atoms with Crippen LogP contribution in [-0.4, -0.2) is 37.8 Å². The topological polar surface area (TPSA) is 104 Å². The molecule has 0 heterocycles. The predicted molar refractivity (Wildman–Crippen MR) is 74.7 cm³/mol. The molecular formula is C12H16ClNO5S. The van der Waals surface area contributed by atoms with Crippen LogP contribution < -0.4 is 4.72 Å². The second-order valence-electron chi connectivity index (χ2n) is 4.21. The van der Waals surface area contributed by atoms with Crippen LogP contribution >= 0.6 is 11.6 Å². The van der Waals surface area contributed by atoms with E-state index in [0.29, 0.717) is 12.8 Å². The first kappa shape index (κ1) is 16.9.